The van der Waals surface area contributed by atoms with E-state index in [1.165, 1.54) is 46.4 Å². The third-order valence-corrected chi connectivity index (χ3v) is 6.46. The molecule has 0 N–H and O–H groups in total. The Bertz CT molecular complexity index is 1100. The van der Waals surface area contributed by atoms with Gasteiger partial charge in [0.1, 0.15) is 5.82 Å². The van der Waals surface area contributed by atoms with Crippen LogP contribution in [0.4, 0.5) is 0 Å². The Morgan fingerprint density at radius 1 is 0.900 bits per heavy atom. The van der Waals surface area contributed by atoms with Crippen LogP contribution in [0.3, 0.4) is 0 Å². The summed E-state index contributed by atoms with van der Waals surface area (Å²) in [6.45, 7) is 5.60. The molecule has 1 saturated heterocycles. The maximum atomic E-state index is 4.83. The third kappa shape index (κ3) is 4.03. The number of fused-ring (bicyclic) bond motifs is 1. The van der Waals surface area contributed by atoms with Crippen LogP contribution in [0, 0.1) is 6.92 Å². The lowest BCUT2D eigenvalue weighted by atomic mass is 9.95. The number of imidazole rings is 1. The number of rotatable bonds is 5. The van der Waals surface area contributed by atoms with E-state index in [1.807, 2.05) is 6.20 Å². The second-order valence-electron chi connectivity index (χ2n) is 8.54. The first-order valence-corrected chi connectivity index (χ1v) is 11.1. The van der Waals surface area contributed by atoms with E-state index in [0.29, 0.717) is 5.92 Å². The van der Waals surface area contributed by atoms with Crippen LogP contribution in [0.15, 0.2) is 79.1 Å². The van der Waals surface area contributed by atoms with E-state index >= 15 is 0 Å². The molecule has 0 aliphatic carbocycles. The molecule has 30 heavy (non-hydrogen) atoms. The predicted molar refractivity (Wildman–Crippen MR) is 124 cm³/mol. The number of nitrogens with zero attached hydrogens (tertiary/aromatic N) is 3. The van der Waals surface area contributed by atoms with Crippen molar-refractivity contribution in [3.8, 4) is 11.1 Å². The third-order valence-electron chi connectivity index (χ3n) is 6.46. The number of likely N-dealkylation sites (tertiary alicyclic amines) is 1. The summed E-state index contributed by atoms with van der Waals surface area (Å²) in [5.74, 6) is 1.77. The molecule has 1 aliphatic rings. The molecule has 3 heteroatoms. The summed E-state index contributed by atoms with van der Waals surface area (Å²) in [6.07, 6.45) is 7.75. The highest BCUT2D eigenvalue weighted by molar-refractivity contribution is 5.69. The van der Waals surface area contributed by atoms with Crippen molar-refractivity contribution in [1.82, 2.24) is 14.3 Å². The SMILES string of the molecule is Cc1ccc(-c2ccn3c(C4CCN(CCc5ccccc5)CC4)ncc3c2)cc1. The number of aromatic nitrogens is 2. The summed E-state index contributed by atoms with van der Waals surface area (Å²) in [5.41, 5.74) is 6.43. The maximum absolute atomic E-state index is 4.83. The van der Waals surface area contributed by atoms with Crippen molar-refractivity contribution in [3.63, 3.8) is 0 Å². The van der Waals surface area contributed by atoms with Gasteiger partial charge in [-0.05, 0) is 68.1 Å². The number of benzene rings is 2. The summed E-state index contributed by atoms with van der Waals surface area (Å²) < 4.78 is 2.29. The molecule has 3 heterocycles. The van der Waals surface area contributed by atoms with E-state index in [-0.39, 0.29) is 0 Å². The van der Waals surface area contributed by atoms with Gasteiger partial charge in [-0.3, -0.25) is 0 Å². The Kier molecular flexibility index (Phi) is 5.37. The molecule has 4 aromatic rings. The largest absolute Gasteiger partial charge is 0.303 e. The zero-order valence-electron chi connectivity index (χ0n) is 17.7. The van der Waals surface area contributed by atoms with Crippen LogP contribution in [-0.2, 0) is 6.42 Å². The van der Waals surface area contributed by atoms with E-state index in [2.05, 4.69) is 89.2 Å². The summed E-state index contributed by atoms with van der Waals surface area (Å²) in [7, 11) is 0. The number of pyridine rings is 1. The predicted octanol–water partition coefficient (Wildman–Crippen LogP) is 5.73. The second kappa shape index (κ2) is 8.45. The van der Waals surface area contributed by atoms with Crippen molar-refractivity contribution >= 4 is 5.52 Å². The fourth-order valence-electron chi connectivity index (χ4n) is 4.59. The molecule has 0 bridgehead atoms. The summed E-state index contributed by atoms with van der Waals surface area (Å²) in [5, 5.41) is 0. The fourth-order valence-corrected chi connectivity index (χ4v) is 4.59. The van der Waals surface area contributed by atoms with Gasteiger partial charge in [0.15, 0.2) is 0 Å². The first-order valence-electron chi connectivity index (χ1n) is 11.1. The van der Waals surface area contributed by atoms with Gasteiger partial charge in [0.2, 0.25) is 0 Å². The smallest absolute Gasteiger partial charge is 0.116 e. The van der Waals surface area contributed by atoms with Gasteiger partial charge >= 0.3 is 0 Å². The molecule has 0 atom stereocenters. The average Bonchev–Trinajstić information content (AvgIpc) is 3.22. The minimum absolute atomic E-state index is 0.547. The highest BCUT2D eigenvalue weighted by Crippen LogP contribution is 2.29. The molecule has 3 nitrogen and oxygen atoms in total. The zero-order valence-corrected chi connectivity index (χ0v) is 17.7. The molecular weight excluding hydrogens is 366 g/mol. The second-order valence-corrected chi connectivity index (χ2v) is 8.54. The standard InChI is InChI=1S/C27H29N3/c1-21-7-9-23(10-8-21)25-14-18-30-26(19-25)20-28-27(30)24-12-16-29(17-13-24)15-11-22-5-3-2-4-6-22/h2-10,14,18-20,24H,11-13,15-17H2,1H3. The van der Waals surface area contributed by atoms with Crippen molar-refractivity contribution in [1.29, 1.82) is 0 Å². The van der Waals surface area contributed by atoms with Crippen molar-refractivity contribution in [2.45, 2.75) is 32.1 Å². The van der Waals surface area contributed by atoms with Gasteiger partial charge in [0.05, 0.1) is 11.7 Å². The zero-order chi connectivity index (χ0) is 20.3. The van der Waals surface area contributed by atoms with Gasteiger partial charge in [-0.1, -0.05) is 60.2 Å². The molecule has 2 aromatic carbocycles. The summed E-state index contributed by atoms with van der Waals surface area (Å²) in [4.78, 5) is 7.44. The minimum atomic E-state index is 0.547. The minimum Gasteiger partial charge on any atom is -0.303 e. The van der Waals surface area contributed by atoms with Crippen LogP contribution < -0.4 is 0 Å². The van der Waals surface area contributed by atoms with E-state index in [0.717, 1.165) is 26.1 Å². The van der Waals surface area contributed by atoms with E-state index in [1.54, 1.807) is 0 Å². The highest BCUT2D eigenvalue weighted by Gasteiger charge is 2.23. The first-order chi connectivity index (χ1) is 14.8. The van der Waals surface area contributed by atoms with Gasteiger partial charge in [0, 0.05) is 18.7 Å². The lowest BCUT2D eigenvalue weighted by molar-refractivity contribution is 0.211. The van der Waals surface area contributed by atoms with E-state index < -0.39 is 0 Å². The Labute approximate surface area is 179 Å². The van der Waals surface area contributed by atoms with Crippen LogP contribution >= 0.6 is 0 Å². The average molecular weight is 396 g/mol. The Morgan fingerprint density at radius 2 is 1.67 bits per heavy atom. The summed E-state index contributed by atoms with van der Waals surface area (Å²) in [6, 6.07) is 24.0. The Balaban J connectivity index is 1.25. The normalized spacial score (nSPS) is 15.6. The topological polar surface area (TPSA) is 20.5 Å². The molecule has 5 rings (SSSR count). The van der Waals surface area contributed by atoms with Crippen LogP contribution in [0.5, 0.6) is 0 Å². The molecule has 0 spiro atoms. The van der Waals surface area contributed by atoms with Crippen LogP contribution in [-0.4, -0.2) is 33.9 Å². The van der Waals surface area contributed by atoms with Crippen molar-refractivity contribution in [3.05, 3.63) is 96.1 Å². The van der Waals surface area contributed by atoms with Crippen molar-refractivity contribution in [2.75, 3.05) is 19.6 Å². The molecule has 0 radical (unpaired) electrons. The van der Waals surface area contributed by atoms with Gasteiger partial charge < -0.3 is 9.30 Å². The molecule has 1 fully saturated rings. The van der Waals surface area contributed by atoms with Crippen LogP contribution in [0.2, 0.25) is 0 Å². The molecular formula is C27H29N3. The molecule has 2 aromatic heterocycles. The Hall–Kier alpha value is -2.91. The van der Waals surface area contributed by atoms with E-state index in [9.17, 15) is 0 Å². The van der Waals surface area contributed by atoms with Crippen molar-refractivity contribution in [2.24, 2.45) is 0 Å². The number of hydrogen-bond acceptors (Lipinski definition) is 2. The molecule has 0 unspecified atom stereocenters. The van der Waals surface area contributed by atoms with Gasteiger partial charge in [-0.25, -0.2) is 4.98 Å². The first kappa shape index (κ1) is 19.1. The van der Waals surface area contributed by atoms with Crippen LogP contribution in [0.25, 0.3) is 16.6 Å². The lowest BCUT2D eigenvalue weighted by Crippen LogP contribution is -2.34. The summed E-state index contributed by atoms with van der Waals surface area (Å²) >= 11 is 0. The van der Waals surface area contributed by atoms with E-state index in [4.69, 9.17) is 4.98 Å². The molecule has 0 amide bonds. The Morgan fingerprint density at radius 3 is 2.43 bits per heavy atom. The van der Waals surface area contributed by atoms with Gasteiger partial charge in [-0.15, -0.1) is 0 Å². The molecule has 152 valence electrons. The van der Waals surface area contributed by atoms with Crippen LogP contribution in [0.1, 0.15) is 35.7 Å². The quantitative estimate of drug-likeness (QED) is 0.430. The number of piperidine rings is 1. The van der Waals surface area contributed by atoms with Gasteiger partial charge in [-0.2, -0.15) is 0 Å². The lowest BCUT2D eigenvalue weighted by Gasteiger charge is -2.31. The number of aryl methyl sites for hydroxylation is 1. The molecule has 0 saturated carbocycles. The van der Waals surface area contributed by atoms with Crippen molar-refractivity contribution < 1.29 is 0 Å². The number of hydrogen-bond donors (Lipinski definition) is 0. The monoisotopic (exact) mass is 395 g/mol. The van der Waals surface area contributed by atoms with Gasteiger partial charge in [0.25, 0.3) is 0 Å². The fraction of sp³-hybridized carbons (Fsp3) is 0.296. The highest BCUT2D eigenvalue weighted by atomic mass is 15.1. The maximum Gasteiger partial charge on any atom is 0.116 e. The molecule has 1 aliphatic heterocycles.